The molecule has 31 heavy (non-hydrogen) atoms. The molecule has 1 amide bonds. The highest BCUT2D eigenvalue weighted by Gasteiger charge is 2.39. The average molecular weight is 414 g/mol. The summed E-state index contributed by atoms with van der Waals surface area (Å²) in [6.45, 7) is 5.89. The maximum atomic E-state index is 13.2. The van der Waals surface area contributed by atoms with Crippen molar-refractivity contribution in [3.63, 3.8) is 0 Å². The Morgan fingerprint density at radius 3 is 2.68 bits per heavy atom. The van der Waals surface area contributed by atoms with Crippen molar-refractivity contribution in [1.29, 1.82) is 0 Å². The second kappa shape index (κ2) is 8.26. The largest absolute Gasteiger partial charge is 0.378 e. The Labute approximate surface area is 184 Å². The van der Waals surface area contributed by atoms with Crippen LogP contribution in [0.2, 0.25) is 0 Å². The van der Waals surface area contributed by atoms with Gasteiger partial charge in [0.05, 0.1) is 6.04 Å². The third kappa shape index (κ3) is 3.44. The first-order valence-electron chi connectivity index (χ1n) is 11.6. The topological polar surface area (TPSA) is 48.1 Å². The first-order chi connectivity index (χ1) is 15.2. The molecule has 0 spiro atoms. The van der Waals surface area contributed by atoms with Crippen LogP contribution in [-0.2, 0) is 0 Å². The van der Waals surface area contributed by atoms with Gasteiger partial charge in [0, 0.05) is 47.4 Å². The number of hydrogen-bond donors (Lipinski definition) is 2. The van der Waals surface area contributed by atoms with Crippen LogP contribution in [-0.4, -0.2) is 28.9 Å². The summed E-state index contributed by atoms with van der Waals surface area (Å²) in [6, 6.07) is 15.0. The molecule has 1 aliphatic carbocycles. The fraction of sp³-hybridized carbons (Fsp3) is 0.370. The van der Waals surface area contributed by atoms with Gasteiger partial charge in [-0.3, -0.25) is 4.79 Å². The van der Waals surface area contributed by atoms with Gasteiger partial charge in [-0.25, -0.2) is 0 Å². The van der Waals surface area contributed by atoms with Crippen LogP contribution in [0.4, 0.5) is 5.69 Å². The third-order valence-corrected chi connectivity index (χ3v) is 6.84. The summed E-state index contributed by atoms with van der Waals surface area (Å²) in [4.78, 5) is 18.6. The van der Waals surface area contributed by atoms with Gasteiger partial charge in [0.15, 0.2) is 0 Å². The van der Waals surface area contributed by atoms with Crippen molar-refractivity contribution < 1.29 is 4.79 Å². The fourth-order valence-electron chi connectivity index (χ4n) is 5.42. The third-order valence-electron chi connectivity index (χ3n) is 6.84. The molecular weight excluding hydrogens is 382 g/mol. The van der Waals surface area contributed by atoms with Gasteiger partial charge in [-0.2, -0.15) is 0 Å². The summed E-state index contributed by atoms with van der Waals surface area (Å²) < 4.78 is 0. The zero-order chi connectivity index (χ0) is 21.4. The van der Waals surface area contributed by atoms with Crippen molar-refractivity contribution in [2.75, 3.05) is 18.4 Å². The Hall–Kier alpha value is -3.01. The predicted octanol–water partition coefficient (Wildman–Crippen LogP) is 6.26. The van der Waals surface area contributed by atoms with E-state index in [-0.39, 0.29) is 11.9 Å². The number of nitrogens with zero attached hydrogens (tertiary/aromatic N) is 1. The van der Waals surface area contributed by atoms with E-state index in [1.54, 1.807) is 0 Å². The Morgan fingerprint density at radius 1 is 1.06 bits per heavy atom. The molecule has 0 saturated carbocycles. The van der Waals surface area contributed by atoms with Gasteiger partial charge in [-0.05, 0) is 60.6 Å². The minimum absolute atomic E-state index is 0.156. The van der Waals surface area contributed by atoms with Crippen molar-refractivity contribution in [3.05, 3.63) is 77.5 Å². The molecule has 5 rings (SSSR count). The lowest BCUT2D eigenvalue weighted by atomic mass is 9.76. The summed E-state index contributed by atoms with van der Waals surface area (Å²) in [5.41, 5.74) is 5.73. The number of para-hydroxylation sites is 1. The molecule has 1 aromatic heterocycles. The summed E-state index contributed by atoms with van der Waals surface area (Å²) in [5.74, 6) is 0.955. The SMILES string of the molecule is CCCN(CCC)C(=O)c1ccc2c(c1)C1C=CCC1C(c1c[nH]c3ccccc13)N2. The molecule has 160 valence electrons. The smallest absolute Gasteiger partial charge is 0.253 e. The van der Waals surface area contributed by atoms with Gasteiger partial charge in [0.25, 0.3) is 5.91 Å². The van der Waals surface area contributed by atoms with Gasteiger partial charge in [-0.1, -0.05) is 44.2 Å². The van der Waals surface area contributed by atoms with E-state index in [0.717, 1.165) is 43.6 Å². The zero-order valence-corrected chi connectivity index (χ0v) is 18.4. The van der Waals surface area contributed by atoms with Gasteiger partial charge < -0.3 is 15.2 Å². The average Bonchev–Trinajstić information content (AvgIpc) is 3.45. The van der Waals surface area contributed by atoms with E-state index < -0.39 is 0 Å². The van der Waals surface area contributed by atoms with E-state index >= 15 is 0 Å². The molecule has 2 aliphatic rings. The van der Waals surface area contributed by atoms with Gasteiger partial charge in [-0.15, -0.1) is 0 Å². The molecule has 2 N–H and O–H groups in total. The molecular formula is C27H31N3O. The van der Waals surface area contributed by atoms with Crippen LogP contribution in [0.15, 0.2) is 60.8 Å². The monoisotopic (exact) mass is 413 g/mol. The highest BCUT2D eigenvalue weighted by atomic mass is 16.2. The number of benzene rings is 2. The zero-order valence-electron chi connectivity index (χ0n) is 18.4. The van der Waals surface area contributed by atoms with Crippen LogP contribution >= 0.6 is 0 Å². The molecule has 3 aromatic rings. The number of hydrogen-bond acceptors (Lipinski definition) is 2. The lowest BCUT2D eigenvalue weighted by Gasteiger charge is -2.37. The highest BCUT2D eigenvalue weighted by Crippen LogP contribution is 2.50. The quantitative estimate of drug-likeness (QED) is 0.469. The molecule has 4 nitrogen and oxygen atoms in total. The summed E-state index contributed by atoms with van der Waals surface area (Å²) in [6.07, 6.45) is 9.83. The number of allylic oxidation sites excluding steroid dienone is 2. The number of fused-ring (bicyclic) bond motifs is 4. The molecule has 0 bridgehead atoms. The second-order valence-corrected chi connectivity index (χ2v) is 8.86. The molecule has 3 unspecified atom stereocenters. The number of carbonyl (C=O) groups is 1. The van der Waals surface area contributed by atoms with E-state index in [1.807, 2.05) is 11.0 Å². The maximum absolute atomic E-state index is 13.2. The van der Waals surface area contributed by atoms with E-state index in [9.17, 15) is 4.79 Å². The molecule has 4 heteroatoms. The van der Waals surface area contributed by atoms with Crippen LogP contribution in [0.1, 0.15) is 66.6 Å². The van der Waals surface area contributed by atoms with Crippen molar-refractivity contribution in [2.45, 2.75) is 45.1 Å². The Morgan fingerprint density at radius 2 is 1.87 bits per heavy atom. The van der Waals surface area contributed by atoms with Crippen LogP contribution < -0.4 is 5.32 Å². The number of carbonyl (C=O) groups excluding carboxylic acids is 1. The summed E-state index contributed by atoms with van der Waals surface area (Å²) >= 11 is 0. The molecule has 1 aliphatic heterocycles. The first kappa shape index (κ1) is 19.9. The van der Waals surface area contributed by atoms with Gasteiger partial charge >= 0.3 is 0 Å². The lowest BCUT2D eigenvalue weighted by Crippen LogP contribution is -2.33. The number of amides is 1. The molecule has 0 saturated heterocycles. The Balaban J connectivity index is 1.50. The standard InChI is InChI=1S/C27H31N3O/c1-3-14-30(15-4-2)27(31)18-12-13-25-22(16-18)19-9-7-10-21(19)26(29-25)23-17-28-24-11-6-5-8-20(23)24/h5-9,11-13,16-17,19,21,26,28-29H,3-4,10,14-15H2,1-2H3. The molecule has 0 radical (unpaired) electrons. The molecule has 0 fully saturated rings. The molecule has 3 atom stereocenters. The van der Waals surface area contributed by atoms with E-state index in [2.05, 4.69) is 78.9 Å². The van der Waals surface area contributed by atoms with E-state index in [1.165, 1.54) is 22.0 Å². The fourth-order valence-corrected chi connectivity index (χ4v) is 5.42. The number of aromatic amines is 1. The van der Waals surface area contributed by atoms with Crippen molar-refractivity contribution in [3.8, 4) is 0 Å². The highest BCUT2D eigenvalue weighted by molar-refractivity contribution is 5.95. The van der Waals surface area contributed by atoms with Gasteiger partial charge in [0.1, 0.15) is 0 Å². The molecule has 2 aromatic carbocycles. The summed E-state index contributed by atoms with van der Waals surface area (Å²) in [5, 5.41) is 5.11. The van der Waals surface area contributed by atoms with Crippen molar-refractivity contribution in [2.24, 2.45) is 5.92 Å². The number of nitrogens with one attached hydrogen (secondary N) is 2. The van der Waals surface area contributed by atoms with Gasteiger partial charge in [0.2, 0.25) is 0 Å². The predicted molar refractivity (Wildman–Crippen MR) is 128 cm³/mol. The summed E-state index contributed by atoms with van der Waals surface area (Å²) in [7, 11) is 0. The second-order valence-electron chi connectivity index (χ2n) is 8.86. The maximum Gasteiger partial charge on any atom is 0.253 e. The minimum Gasteiger partial charge on any atom is -0.378 e. The Bertz CT molecular complexity index is 1120. The number of anilines is 1. The van der Waals surface area contributed by atoms with Crippen molar-refractivity contribution in [1.82, 2.24) is 9.88 Å². The van der Waals surface area contributed by atoms with Crippen LogP contribution in [0.25, 0.3) is 10.9 Å². The van der Waals surface area contributed by atoms with Crippen LogP contribution in [0.3, 0.4) is 0 Å². The normalized spacial score (nSPS) is 21.5. The Kier molecular flexibility index (Phi) is 5.31. The number of rotatable bonds is 6. The number of aromatic nitrogens is 1. The lowest BCUT2D eigenvalue weighted by molar-refractivity contribution is 0.0755. The van der Waals surface area contributed by atoms with Crippen LogP contribution in [0, 0.1) is 5.92 Å². The minimum atomic E-state index is 0.156. The van der Waals surface area contributed by atoms with Crippen LogP contribution in [0.5, 0.6) is 0 Å². The molecule has 2 heterocycles. The van der Waals surface area contributed by atoms with E-state index in [4.69, 9.17) is 0 Å². The van der Waals surface area contributed by atoms with Crippen molar-refractivity contribution >= 4 is 22.5 Å². The van der Waals surface area contributed by atoms with E-state index in [0.29, 0.717) is 11.8 Å². The first-order valence-corrected chi connectivity index (χ1v) is 11.6. The number of H-pyrrole nitrogens is 1.